The molecule has 150 valence electrons. The largest absolute Gasteiger partial charge is 0.465 e. The van der Waals surface area contributed by atoms with Gasteiger partial charge in [0.05, 0.1) is 17.6 Å². The molecule has 0 spiro atoms. The van der Waals surface area contributed by atoms with E-state index in [-0.39, 0.29) is 22.9 Å². The Bertz CT molecular complexity index is 908. The maximum atomic E-state index is 12.8. The number of carbonyl (C=O) groups excluding carboxylic acids is 1. The number of carbonyl (C=O) groups is 1. The summed E-state index contributed by atoms with van der Waals surface area (Å²) >= 11 is 0. The molecule has 2 atom stereocenters. The van der Waals surface area contributed by atoms with Crippen molar-refractivity contribution in [1.82, 2.24) is 4.72 Å². The Morgan fingerprint density at radius 3 is 2.18 bits per heavy atom. The van der Waals surface area contributed by atoms with Gasteiger partial charge in [-0.2, -0.15) is 0 Å². The van der Waals surface area contributed by atoms with Crippen LogP contribution in [0.25, 0.3) is 0 Å². The summed E-state index contributed by atoms with van der Waals surface area (Å²) in [6.45, 7) is 1.93. The number of methoxy groups -OCH3 is 1. The topological polar surface area (TPSA) is 84.5 Å². The summed E-state index contributed by atoms with van der Waals surface area (Å²) in [5, 5.41) is 3.42. The van der Waals surface area contributed by atoms with Crippen LogP contribution in [-0.2, 0) is 14.8 Å². The van der Waals surface area contributed by atoms with E-state index in [0.717, 1.165) is 36.9 Å². The van der Waals surface area contributed by atoms with Crippen LogP contribution in [0.4, 0.5) is 5.69 Å². The Labute approximate surface area is 166 Å². The van der Waals surface area contributed by atoms with Crippen LogP contribution in [0.3, 0.4) is 0 Å². The van der Waals surface area contributed by atoms with Gasteiger partial charge in [0, 0.05) is 17.8 Å². The summed E-state index contributed by atoms with van der Waals surface area (Å²) in [4.78, 5) is 11.8. The highest BCUT2D eigenvalue weighted by atomic mass is 32.2. The maximum Gasteiger partial charge on any atom is 0.337 e. The number of hydrogen-bond donors (Lipinski definition) is 2. The number of aryl methyl sites for hydroxylation is 1. The molecule has 2 aromatic rings. The van der Waals surface area contributed by atoms with Gasteiger partial charge in [0.15, 0.2) is 0 Å². The van der Waals surface area contributed by atoms with Gasteiger partial charge in [0.25, 0.3) is 0 Å². The molecule has 6 nitrogen and oxygen atoms in total. The average molecular weight is 403 g/mol. The zero-order chi connectivity index (χ0) is 20.1. The first-order chi connectivity index (χ1) is 13.4. The van der Waals surface area contributed by atoms with E-state index in [1.165, 1.54) is 7.11 Å². The van der Waals surface area contributed by atoms with Gasteiger partial charge in [-0.25, -0.2) is 17.9 Å². The van der Waals surface area contributed by atoms with Crippen LogP contribution in [0.15, 0.2) is 53.4 Å². The lowest BCUT2D eigenvalue weighted by molar-refractivity contribution is 0.0600. The predicted octanol–water partition coefficient (Wildman–Crippen LogP) is 3.48. The molecule has 2 aromatic carbocycles. The highest BCUT2D eigenvalue weighted by Crippen LogP contribution is 2.24. The summed E-state index contributed by atoms with van der Waals surface area (Å²) in [5.41, 5.74) is 2.35. The van der Waals surface area contributed by atoms with Crippen LogP contribution in [0, 0.1) is 6.92 Å². The Balaban J connectivity index is 1.71. The van der Waals surface area contributed by atoms with Crippen LogP contribution in [0.2, 0.25) is 0 Å². The van der Waals surface area contributed by atoms with E-state index in [0.29, 0.717) is 5.56 Å². The number of sulfonamides is 1. The van der Waals surface area contributed by atoms with Gasteiger partial charge in [0.2, 0.25) is 10.0 Å². The molecular formula is C21H26N2O4S. The van der Waals surface area contributed by atoms with Crippen molar-refractivity contribution in [2.45, 2.75) is 49.6 Å². The summed E-state index contributed by atoms with van der Waals surface area (Å²) in [5.74, 6) is -0.382. The number of hydrogen-bond acceptors (Lipinski definition) is 5. The Hall–Kier alpha value is -2.38. The molecule has 7 heteroatoms. The average Bonchev–Trinajstić information content (AvgIpc) is 2.69. The molecule has 0 heterocycles. The van der Waals surface area contributed by atoms with Gasteiger partial charge in [0.1, 0.15) is 0 Å². The quantitative estimate of drug-likeness (QED) is 0.723. The number of esters is 1. The van der Waals surface area contributed by atoms with Crippen molar-refractivity contribution in [3.05, 3.63) is 59.7 Å². The summed E-state index contributed by atoms with van der Waals surface area (Å²) in [6.07, 6.45) is 3.68. The van der Waals surface area contributed by atoms with Gasteiger partial charge in [-0.15, -0.1) is 0 Å². The normalized spacial score (nSPS) is 19.8. The number of anilines is 1. The standard InChI is InChI=1S/C21H26N2O4S/c1-15-7-13-18(14-8-15)28(25,26)23-20-6-4-3-5-19(20)22-17-11-9-16(10-12-17)21(24)27-2/h7-14,19-20,22-23H,3-6H2,1-2H3/t19-,20+/m0/s1. The molecule has 0 saturated heterocycles. The van der Waals surface area contributed by atoms with E-state index in [1.807, 2.05) is 19.1 Å². The second-order valence-electron chi connectivity index (χ2n) is 7.15. The van der Waals surface area contributed by atoms with Crippen LogP contribution >= 0.6 is 0 Å². The fourth-order valence-electron chi connectivity index (χ4n) is 3.46. The second-order valence-corrected chi connectivity index (χ2v) is 8.86. The van der Waals surface area contributed by atoms with Crippen LogP contribution in [0.1, 0.15) is 41.6 Å². The third-order valence-electron chi connectivity index (χ3n) is 5.06. The van der Waals surface area contributed by atoms with Gasteiger partial charge in [-0.05, 0) is 56.2 Å². The first kappa shape index (κ1) is 20.4. The highest BCUT2D eigenvalue weighted by Gasteiger charge is 2.29. The van der Waals surface area contributed by atoms with Crippen molar-refractivity contribution in [2.24, 2.45) is 0 Å². The minimum absolute atomic E-state index is 0.0158. The molecular weight excluding hydrogens is 376 g/mol. The first-order valence-electron chi connectivity index (χ1n) is 9.43. The van der Waals surface area contributed by atoms with Crippen molar-refractivity contribution in [3.8, 4) is 0 Å². The van der Waals surface area contributed by atoms with Gasteiger partial charge < -0.3 is 10.1 Å². The van der Waals surface area contributed by atoms with Gasteiger partial charge in [-0.1, -0.05) is 30.5 Å². The SMILES string of the molecule is COC(=O)c1ccc(N[C@H]2CCCC[C@H]2NS(=O)(=O)c2ccc(C)cc2)cc1. The smallest absolute Gasteiger partial charge is 0.337 e. The van der Waals surface area contributed by atoms with Crippen LogP contribution in [-0.4, -0.2) is 33.6 Å². The minimum Gasteiger partial charge on any atom is -0.465 e. The van der Waals surface area contributed by atoms with E-state index in [1.54, 1.807) is 36.4 Å². The highest BCUT2D eigenvalue weighted by molar-refractivity contribution is 7.89. The lowest BCUT2D eigenvalue weighted by Gasteiger charge is -2.33. The monoisotopic (exact) mass is 402 g/mol. The van der Waals surface area contributed by atoms with Gasteiger partial charge >= 0.3 is 5.97 Å². The molecule has 28 heavy (non-hydrogen) atoms. The molecule has 1 fully saturated rings. The van der Waals surface area contributed by atoms with E-state index in [4.69, 9.17) is 4.74 Å². The molecule has 0 radical (unpaired) electrons. The summed E-state index contributed by atoms with van der Waals surface area (Å²) < 4.78 is 33.1. The predicted molar refractivity (Wildman–Crippen MR) is 109 cm³/mol. The van der Waals surface area contributed by atoms with Crippen LogP contribution in [0.5, 0.6) is 0 Å². The first-order valence-corrected chi connectivity index (χ1v) is 10.9. The fraction of sp³-hybridized carbons (Fsp3) is 0.381. The van der Waals surface area contributed by atoms with Crippen molar-refractivity contribution < 1.29 is 17.9 Å². The molecule has 0 amide bonds. The number of ether oxygens (including phenoxy) is 1. The fourth-order valence-corrected chi connectivity index (χ4v) is 4.78. The molecule has 1 aliphatic rings. The Morgan fingerprint density at radius 2 is 1.57 bits per heavy atom. The molecule has 0 unspecified atom stereocenters. The second kappa shape index (κ2) is 8.75. The summed E-state index contributed by atoms with van der Waals surface area (Å²) in [7, 11) is -2.23. The number of rotatable bonds is 6. The maximum absolute atomic E-state index is 12.8. The molecule has 0 aliphatic heterocycles. The van der Waals surface area contributed by atoms with Crippen LogP contribution < -0.4 is 10.0 Å². The zero-order valence-corrected chi connectivity index (χ0v) is 17.0. The van der Waals surface area contributed by atoms with Crippen molar-refractivity contribution in [1.29, 1.82) is 0 Å². The molecule has 3 rings (SSSR count). The summed E-state index contributed by atoms with van der Waals surface area (Å²) in [6, 6.07) is 13.7. The lowest BCUT2D eigenvalue weighted by atomic mass is 9.91. The lowest BCUT2D eigenvalue weighted by Crippen LogP contribution is -2.48. The zero-order valence-electron chi connectivity index (χ0n) is 16.1. The number of benzene rings is 2. The molecule has 1 saturated carbocycles. The van der Waals surface area contributed by atoms with Crippen molar-refractivity contribution in [3.63, 3.8) is 0 Å². The van der Waals surface area contributed by atoms with E-state index >= 15 is 0 Å². The van der Waals surface area contributed by atoms with E-state index < -0.39 is 10.0 Å². The van der Waals surface area contributed by atoms with Crippen molar-refractivity contribution >= 4 is 21.7 Å². The molecule has 2 N–H and O–H groups in total. The van der Waals surface area contributed by atoms with Crippen molar-refractivity contribution in [2.75, 3.05) is 12.4 Å². The van der Waals surface area contributed by atoms with E-state index in [9.17, 15) is 13.2 Å². The third kappa shape index (κ3) is 4.91. The van der Waals surface area contributed by atoms with Gasteiger partial charge in [-0.3, -0.25) is 0 Å². The Morgan fingerprint density at radius 1 is 0.964 bits per heavy atom. The molecule has 1 aliphatic carbocycles. The number of nitrogens with one attached hydrogen (secondary N) is 2. The molecule has 0 aromatic heterocycles. The van der Waals surface area contributed by atoms with E-state index in [2.05, 4.69) is 10.0 Å². The minimum atomic E-state index is -3.57. The third-order valence-corrected chi connectivity index (χ3v) is 6.57. The Kier molecular flexibility index (Phi) is 6.36. The molecule has 0 bridgehead atoms.